The Balaban J connectivity index is 1.94. The van der Waals surface area contributed by atoms with E-state index in [0.29, 0.717) is 22.0 Å². The maximum atomic E-state index is 12.5. The molecular formula is C18H20N2O2S. The number of primary amides is 1. The van der Waals surface area contributed by atoms with E-state index in [1.54, 1.807) is 6.07 Å². The summed E-state index contributed by atoms with van der Waals surface area (Å²) in [6, 6.07) is 7.38. The molecule has 1 aromatic heterocycles. The molecule has 1 aliphatic rings. The minimum absolute atomic E-state index is 0.206. The van der Waals surface area contributed by atoms with Gasteiger partial charge in [-0.05, 0) is 49.8 Å². The van der Waals surface area contributed by atoms with Crippen LogP contribution in [0.2, 0.25) is 0 Å². The highest BCUT2D eigenvalue weighted by molar-refractivity contribution is 7.17. The molecular weight excluding hydrogens is 308 g/mol. The van der Waals surface area contributed by atoms with E-state index in [1.807, 2.05) is 25.1 Å². The van der Waals surface area contributed by atoms with E-state index in [0.717, 1.165) is 30.4 Å². The third kappa shape index (κ3) is 3.15. The fraction of sp³-hybridized carbons (Fsp3) is 0.333. The van der Waals surface area contributed by atoms with Gasteiger partial charge in [-0.3, -0.25) is 9.59 Å². The molecule has 1 aromatic carbocycles. The Kier molecular flexibility index (Phi) is 4.22. The zero-order valence-corrected chi connectivity index (χ0v) is 14.1. The minimum atomic E-state index is -0.461. The van der Waals surface area contributed by atoms with Gasteiger partial charge in [0.2, 0.25) is 0 Å². The number of rotatable bonds is 3. The second-order valence-corrected chi connectivity index (χ2v) is 7.35. The van der Waals surface area contributed by atoms with E-state index in [1.165, 1.54) is 16.2 Å². The molecule has 2 aromatic rings. The van der Waals surface area contributed by atoms with Crippen molar-refractivity contribution in [2.75, 3.05) is 5.32 Å². The molecule has 5 heteroatoms. The minimum Gasteiger partial charge on any atom is -0.365 e. The Hall–Kier alpha value is -2.14. The van der Waals surface area contributed by atoms with Crippen LogP contribution in [0.5, 0.6) is 0 Å². The van der Waals surface area contributed by atoms with Crippen molar-refractivity contribution in [1.82, 2.24) is 0 Å². The molecule has 1 aliphatic carbocycles. The van der Waals surface area contributed by atoms with Crippen molar-refractivity contribution in [3.05, 3.63) is 51.4 Å². The summed E-state index contributed by atoms with van der Waals surface area (Å²) in [5, 5.41) is 3.47. The largest absolute Gasteiger partial charge is 0.365 e. The standard InChI is InChI=1S/C18H20N2O2S/c1-10-4-3-5-12(8-10)17(22)20-18-15(16(19)21)13-7-6-11(2)9-14(13)23-18/h3-5,8,11H,6-7,9H2,1-2H3,(H2,19,21)(H,20,22)/t11-/m0/s1. The third-order valence-electron chi connectivity index (χ3n) is 4.27. The lowest BCUT2D eigenvalue weighted by Gasteiger charge is -2.18. The SMILES string of the molecule is Cc1cccc(C(=O)Nc2sc3c(c2C(N)=O)CC[C@H](C)C3)c1. The molecule has 2 amide bonds. The van der Waals surface area contributed by atoms with Crippen LogP contribution in [-0.2, 0) is 12.8 Å². The van der Waals surface area contributed by atoms with E-state index in [-0.39, 0.29) is 5.91 Å². The van der Waals surface area contributed by atoms with Crippen molar-refractivity contribution < 1.29 is 9.59 Å². The molecule has 0 spiro atoms. The Labute approximate surface area is 139 Å². The maximum Gasteiger partial charge on any atom is 0.256 e. The fourth-order valence-electron chi connectivity index (χ4n) is 3.06. The average Bonchev–Trinajstić information content (AvgIpc) is 2.84. The summed E-state index contributed by atoms with van der Waals surface area (Å²) < 4.78 is 0. The second-order valence-electron chi connectivity index (χ2n) is 6.24. The summed E-state index contributed by atoms with van der Waals surface area (Å²) >= 11 is 1.49. The van der Waals surface area contributed by atoms with E-state index in [4.69, 9.17) is 5.73 Å². The highest BCUT2D eigenvalue weighted by atomic mass is 32.1. The van der Waals surface area contributed by atoms with Crippen molar-refractivity contribution in [2.45, 2.75) is 33.1 Å². The number of hydrogen-bond donors (Lipinski definition) is 2. The van der Waals surface area contributed by atoms with Gasteiger partial charge in [-0.15, -0.1) is 11.3 Å². The molecule has 0 saturated carbocycles. The highest BCUT2D eigenvalue weighted by Gasteiger charge is 2.27. The fourth-order valence-corrected chi connectivity index (χ4v) is 4.47. The molecule has 1 heterocycles. The molecule has 0 unspecified atom stereocenters. The number of nitrogens with one attached hydrogen (secondary N) is 1. The van der Waals surface area contributed by atoms with Crippen LogP contribution < -0.4 is 11.1 Å². The monoisotopic (exact) mass is 328 g/mol. The number of amides is 2. The van der Waals surface area contributed by atoms with Crippen LogP contribution in [0.3, 0.4) is 0 Å². The number of aryl methyl sites for hydroxylation is 1. The smallest absolute Gasteiger partial charge is 0.256 e. The lowest BCUT2D eigenvalue weighted by molar-refractivity contribution is 0.1000. The Morgan fingerprint density at radius 1 is 1.35 bits per heavy atom. The molecule has 0 bridgehead atoms. The van der Waals surface area contributed by atoms with Crippen molar-refractivity contribution >= 4 is 28.2 Å². The van der Waals surface area contributed by atoms with Gasteiger partial charge in [-0.25, -0.2) is 0 Å². The zero-order chi connectivity index (χ0) is 16.6. The van der Waals surface area contributed by atoms with Crippen molar-refractivity contribution in [2.24, 2.45) is 11.7 Å². The summed E-state index contributed by atoms with van der Waals surface area (Å²) in [7, 11) is 0. The number of anilines is 1. The lowest BCUT2D eigenvalue weighted by atomic mass is 9.88. The molecule has 0 saturated heterocycles. The van der Waals surface area contributed by atoms with Gasteiger partial charge in [0, 0.05) is 10.4 Å². The first kappa shape index (κ1) is 15.7. The summed E-state index contributed by atoms with van der Waals surface area (Å²) in [4.78, 5) is 25.5. The predicted molar refractivity (Wildman–Crippen MR) is 93.2 cm³/mol. The zero-order valence-electron chi connectivity index (χ0n) is 13.3. The number of benzene rings is 1. The number of hydrogen-bond acceptors (Lipinski definition) is 3. The van der Waals surface area contributed by atoms with Gasteiger partial charge in [-0.2, -0.15) is 0 Å². The van der Waals surface area contributed by atoms with Gasteiger partial charge in [0.15, 0.2) is 0 Å². The molecule has 0 aliphatic heterocycles. The highest BCUT2D eigenvalue weighted by Crippen LogP contribution is 2.39. The molecule has 3 N–H and O–H groups in total. The Morgan fingerprint density at radius 3 is 2.83 bits per heavy atom. The van der Waals surface area contributed by atoms with Crippen molar-refractivity contribution in [1.29, 1.82) is 0 Å². The van der Waals surface area contributed by atoms with E-state index in [2.05, 4.69) is 12.2 Å². The summed E-state index contributed by atoms with van der Waals surface area (Å²) in [5.41, 5.74) is 8.70. The van der Waals surface area contributed by atoms with Gasteiger partial charge in [-0.1, -0.05) is 24.6 Å². The van der Waals surface area contributed by atoms with Gasteiger partial charge >= 0.3 is 0 Å². The third-order valence-corrected chi connectivity index (χ3v) is 5.44. The number of carbonyl (C=O) groups excluding carboxylic acids is 2. The molecule has 1 atom stereocenters. The maximum absolute atomic E-state index is 12.5. The van der Waals surface area contributed by atoms with E-state index < -0.39 is 5.91 Å². The molecule has 0 radical (unpaired) electrons. The van der Waals surface area contributed by atoms with Gasteiger partial charge in [0.25, 0.3) is 11.8 Å². The summed E-state index contributed by atoms with van der Waals surface area (Å²) in [6.45, 7) is 4.15. The van der Waals surface area contributed by atoms with Crippen LogP contribution in [0, 0.1) is 12.8 Å². The predicted octanol–water partition coefficient (Wildman–Crippen LogP) is 3.53. The van der Waals surface area contributed by atoms with Crippen LogP contribution in [0.15, 0.2) is 24.3 Å². The summed E-state index contributed by atoms with van der Waals surface area (Å²) in [6.07, 6.45) is 2.85. The average molecular weight is 328 g/mol. The molecule has 4 nitrogen and oxygen atoms in total. The first-order valence-electron chi connectivity index (χ1n) is 7.78. The van der Waals surface area contributed by atoms with E-state index in [9.17, 15) is 9.59 Å². The first-order chi connectivity index (χ1) is 11.0. The lowest BCUT2D eigenvalue weighted by Crippen LogP contribution is -2.19. The topological polar surface area (TPSA) is 72.2 Å². The van der Waals surface area contributed by atoms with Gasteiger partial charge in [0.05, 0.1) is 5.56 Å². The number of thiophene rings is 1. The van der Waals surface area contributed by atoms with Crippen LogP contribution in [-0.4, -0.2) is 11.8 Å². The van der Waals surface area contributed by atoms with Crippen molar-refractivity contribution in [3.8, 4) is 0 Å². The quantitative estimate of drug-likeness (QED) is 0.904. The van der Waals surface area contributed by atoms with Gasteiger partial charge < -0.3 is 11.1 Å². The second kappa shape index (κ2) is 6.16. The van der Waals surface area contributed by atoms with Crippen LogP contribution in [0.1, 0.15) is 50.1 Å². The van der Waals surface area contributed by atoms with Gasteiger partial charge in [0.1, 0.15) is 5.00 Å². The Bertz CT molecular complexity index is 779. The summed E-state index contributed by atoms with van der Waals surface area (Å²) in [5.74, 6) is -0.0679. The number of carbonyl (C=O) groups is 2. The first-order valence-corrected chi connectivity index (χ1v) is 8.59. The molecule has 0 fully saturated rings. The molecule has 23 heavy (non-hydrogen) atoms. The normalized spacial score (nSPS) is 16.7. The molecule has 3 rings (SSSR count). The van der Waals surface area contributed by atoms with Crippen LogP contribution >= 0.6 is 11.3 Å². The number of nitrogens with two attached hydrogens (primary N) is 1. The Morgan fingerprint density at radius 2 is 2.13 bits per heavy atom. The van der Waals surface area contributed by atoms with Crippen LogP contribution in [0.4, 0.5) is 5.00 Å². The van der Waals surface area contributed by atoms with E-state index >= 15 is 0 Å². The van der Waals surface area contributed by atoms with Crippen LogP contribution in [0.25, 0.3) is 0 Å². The molecule has 120 valence electrons. The van der Waals surface area contributed by atoms with Crippen molar-refractivity contribution in [3.63, 3.8) is 0 Å². The number of fused-ring (bicyclic) bond motifs is 1.